The smallest absolute Gasteiger partial charge is 0.254 e. The largest absolute Gasteiger partial charge is 0.417 e. The van der Waals surface area contributed by atoms with Gasteiger partial charge in [0.15, 0.2) is 8.32 Å². The molecule has 0 aromatic heterocycles. The first-order valence-corrected chi connectivity index (χ1v) is 13.8. The summed E-state index contributed by atoms with van der Waals surface area (Å²) in [5.74, 6) is -0.0107. The number of hydrogen-bond donors (Lipinski definition) is 1. The summed E-state index contributed by atoms with van der Waals surface area (Å²) < 4.78 is 6.31. The molecule has 3 rings (SSSR count). The van der Waals surface area contributed by atoms with E-state index in [0.717, 1.165) is 17.5 Å². The number of carbonyl (C=O) groups excluding carboxylic acids is 1. The molecule has 5 heteroatoms. The monoisotopic (exact) mass is 425 g/mol. The van der Waals surface area contributed by atoms with E-state index in [9.17, 15) is 9.90 Å². The lowest BCUT2D eigenvalue weighted by atomic mass is 10.0. The van der Waals surface area contributed by atoms with Gasteiger partial charge in [0, 0.05) is 24.8 Å². The second kappa shape index (κ2) is 9.04. The van der Waals surface area contributed by atoms with Crippen LogP contribution in [0.25, 0.3) is 11.1 Å². The van der Waals surface area contributed by atoms with E-state index in [1.54, 1.807) is 0 Å². The highest BCUT2D eigenvalue weighted by Gasteiger charge is 2.38. The maximum atomic E-state index is 13.2. The Bertz CT molecular complexity index is 843. The number of aliphatic hydroxyl groups excluding tert-OH is 1. The lowest BCUT2D eigenvalue weighted by molar-refractivity contribution is 0.0700. The molecule has 2 atom stereocenters. The fourth-order valence-electron chi connectivity index (χ4n) is 3.68. The van der Waals surface area contributed by atoms with Crippen molar-refractivity contribution in [3.63, 3.8) is 0 Å². The number of nitrogens with zero attached hydrogens (tertiary/aromatic N) is 1. The zero-order valence-corrected chi connectivity index (χ0v) is 19.9. The van der Waals surface area contributed by atoms with Gasteiger partial charge in [-0.2, -0.15) is 0 Å². The average molecular weight is 426 g/mol. The number of likely N-dealkylation sites (tertiary alicyclic amines) is 1. The van der Waals surface area contributed by atoms with E-state index in [0.29, 0.717) is 25.1 Å². The van der Waals surface area contributed by atoms with Crippen LogP contribution in [0.2, 0.25) is 18.1 Å². The normalized spacial score (nSPS) is 19.9. The SMILES string of the molecule is CC(C)(C)[Si](C)(C)OCC[C@@H]1C[C@@H](O)CN1C(=O)c1ccc(-c2ccccc2)cc1. The molecule has 0 bridgehead atoms. The quantitative estimate of drug-likeness (QED) is 0.636. The van der Waals surface area contributed by atoms with Gasteiger partial charge in [-0.3, -0.25) is 4.79 Å². The molecule has 162 valence electrons. The topological polar surface area (TPSA) is 49.8 Å². The Hall–Kier alpha value is -1.95. The molecule has 0 radical (unpaired) electrons. The van der Waals surface area contributed by atoms with Gasteiger partial charge in [0.05, 0.1) is 6.10 Å². The molecule has 1 heterocycles. The van der Waals surface area contributed by atoms with Crippen molar-refractivity contribution >= 4 is 14.2 Å². The van der Waals surface area contributed by atoms with Crippen molar-refractivity contribution in [3.05, 3.63) is 60.2 Å². The Labute approximate surface area is 182 Å². The molecule has 1 aliphatic rings. The van der Waals surface area contributed by atoms with Crippen LogP contribution in [0, 0.1) is 0 Å². The number of rotatable bonds is 6. The van der Waals surface area contributed by atoms with E-state index in [4.69, 9.17) is 4.43 Å². The Balaban J connectivity index is 1.65. The Morgan fingerprint density at radius 1 is 1.07 bits per heavy atom. The van der Waals surface area contributed by atoms with Crippen molar-refractivity contribution in [2.75, 3.05) is 13.2 Å². The summed E-state index contributed by atoms with van der Waals surface area (Å²) in [5.41, 5.74) is 2.89. The standard InChI is InChI=1S/C25H35NO3Si/c1-25(2,3)30(4,5)29-16-15-22-17-23(27)18-26(22)24(28)21-13-11-20(12-14-21)19-9-7-6-8-10-19/h6-14,22-23,27H,15-18H2,1-5H3/t22-,23-/m1/s1. The van der Waals surface area contributed by atoms with Crippen molar-refractivity contribution in [3.8, 4) is 11.1 Å². The van der Waals surface area contributed by atoms with Gasteiger partial charge >= 0.3 is 0 Å². The van der Waals surface area contributed by atoms with Crippen LogP contribution in [-0.4, -0.2) is 49.5 Å². The van der Waals surface area contributed by atoms with Gasteiger partial charge in [0.1, 0.15) is 0 Å². The summed E-state index contributed by atoms with van der Waals surface area (Å²) in [7, 11) is -1.81. The summed E-state index contributed by atoms with van der Waals surface area (Å²) in [5, 5.41) is 10.4. The van der Waals surface area contributed by atoms with Gasteiger partial charge < -0.3 is 14.4 Å². The van der Waals surface area contributed by atoms with Crippen LogP contribution in [0.15, 0.2) is 54.6 Å². The van der Waals surface area contributed by atoms with Crippen LogP contribution < -0.4 is 0 Å². The zero-order chi connectivity index (χ0) is 21.9. The molecule has 2 aromatic rings. The Morgan fingerprint density at radius 3 is 2.27 bits per heavy atom. The van der Waals surface area contributed by atoms with Gasteiger partial charge in [-0.1, -0.05) is 63.2 Å². The van der Waals surface area contributed by atoms with Crippen molar-refractivity contribution in [2.45, 2.75) is 63.9 Å². The maximum absolute atomic E-state index is 13.2. The molecule has 2 aromatic carbocycles. The van der Waals surface area contributed by atoms with Crippen LogP contribution in [0.4, 0.5) is 0 Å². The molecule has 1 saturated heterocycles. The predicted octanol–water partition coefficient (Wildman–Crippen LogP) is 5.34. The van der Waals surface area contributed by atoms with Gasteiger partial charge in [0.2, 0.25) is 0 Å². The molecule has 1 N–H and O–H groups in total. The van der Waals surface area contributed by atoms with Crippen LogP contribution in [0.1, 0.15) is 44.0 Å². The van der Waals surface area contributed by atoms with Crippen molar-refractivity contribution in [1.29, 1.82) is 0 Å². The van der Waals surface area contributed by atoms with Gasteiger partial charge in [-0.25, -0.2) is 0 Å². The number of β-amino-alcohol motifs (C(OH)–C–C–N with tert-alkyl or cyclic N) is 1. The van der Waals surface area contributed by atoms with Crippen LogP contribution in [0.3, 0.4) is 0 Å². The highest BCUT2D eigenvalue weighted by molar-refractivity contribution is 6.74. The third kappa shape index (κ3) is 5.20. The molecular formula is C25H35NO3Si. The molecule has 0 saturated carbocycles. The lowest BCUT2D eigenvalue weighted by Gasteiger charge is -2.36. The maximum Gasteiger partial charge on any atom is 0.254 e. The Kier molecular flexibility index (Phi) is 6.85. The van der Waals surface area contributed by atoms with E-state index < -0.39 is 14.4 Å². The average Bonchev–Trinajstić information content (AvgIpc) is 3.07. The highest BCUT2D eigenvalue weighted by Crippen LogP contribution is 2.37. The molecule has 0 unspecified atom stereocenters. The van der Waals surface area contributed by atoms with Crippen LogP contribution in [-0.2, 0) is 4.43 Å². The summed E-state index contributed by atoms with van der Waals surface area (Å²) >= 11 is 0. The molecule has 4 nitrogen and oxygen atoms in total. The van der Waals surface area contributed by atoms with Crippen LogP contribution >= 0.6 is 0 Å². The third-order valence-electron chi connectivity index (χ3n) is 6.61. The minimum absolute atomic E-state index is 0.0107. The number of carbonyl (C=O) groups is 1. The van der Waals surface area contributed by atoms with Gasteiger partial charge in [0.25, 0.3) is 5.91 Å². The Morgan fingerprint density at radius 2 is 1.67 bits per heavy atom. The van der Waals surface area contributed by atoms with Crippen molar-refractivity contribution in [2.24, 2.45) is 0 Å². The van der Waals surface area contributed by atoms with E-state index in [1.165, 1.54) is 0 Å². The summed E-state index contributed by atoms with van der Waals surface area (Å²) in [4.78, 5) is 15.0. The number of hydrogen-bond acceptors (Lipinski definition) is 3. The second-order valence-corrected chi connectivity index (χ2v) is 14.7. The molecular weight excluding hydrogens is 390 g/mol. The highest BCUT2D eigenvalue weighted by atomic mass is 28.4. The first-order chi connectivity index (χ1) is 14.1. The first kappa shape index (κ1) is 22.7. The number of amides is 1. The molecule has 1 amide bonds. The van der Waals surface area contributed by atoms with E-state index >= 15 is 0 Å². The lowest BCUT2D eigenvalue weighted by Crippen LogP contribution is -2.42. The summed E-state index contributed by atoms with van der Waals surface area (Å²) in [6.07, 6.45) is 0.918. The number of benzene rings is 2. The van der Waals surface area contributed by atoms with E-state index in [2.05, 4.69) is 46.0 Å². The third-order valence-corrected chi connectivity index (χ3v) is 11.2. The molecule has 1 fully saturated rings. The fraction of sp³-hybridized carbons (Fsp3) is 0.480. The van der Waals surface area contributed by atoms with Gasteiger partial charge in [-0.15, -0.1) is 0 Å². The summed E-state index contributed by atoms with van der Waals surface area (Å²) in [6, 6.07) is 17.9. The fourth-order valence-corrected chi connectivity index (χ4v) is 4.74. The van der Waals surface area contributed by atoms with Gasteiger partial charge in [-0.05, 0) is 54.2 Å². The van der Waals surface area contributed by atoms with Crippen molar-refractivity contribution in [1.82, 2.24) is 4.90 Å². The van der Waals surface area contributed by atoms with Crippen LogP contribution in [0.5, 0.6) is 0 Å². The molecule has 1 aliphatic heterocycles. The summed E-state index contributed by atoms with van der Waals surface area (Å²) in [6.45, 7) is 12.2. The van der Waals surface area contributed by atoms with Crippen molar-refractivity contribution < 1.29 is 14.3 Å². The minimum atomic E-state index is -1.81. The number of aliphatic hydroxyl groups is 1. The molecule has 0 spiro atoms. The van der Waals surface area contributed by atoms with E-state index in [1.807, 2.05) is 47.4 Å². The first-order valence-electron chi connectivity index (χ1n) is 10.9. The molecule has 0 aliphatic carbocycles. The molecule has 30 heavy (non-hydrogen) atoms. The zero-order valence-electron chi connectivity index (χ0n) is 18.9. The second-order valence-electron chi connectivity index (χ2n) is 9.84. The predicted molar refractivity (Wildman–Crippen MR) is 125 cm³/mol. The minimum Gasteiger partial charge on any atom is -0.417 e. The van der Waals surface area contributed by atoms with E-state index in [-0.39, 0.29) is 17.0 Å².